The summed E-state index contributed by atoms with van der Waals surface area (Å²) in [6, 6.07) is 7.51. The van der Waals surface area contributed by atoms with Crippen LogP contribution in [-0.4, -0.2) is 23.0 Å². The lowest BCUT2D eigenvalue weighted by molar-refractivity contribution is -0.137. The van der Waals surface area contributed by atoms with Crippen molar-refractivity contribution in [3.63, 3.8) is 0 Å². The first-order chi connectivity index (χ1) is 14.8. The summed E-state index contributed by atoms with van der Waals surface area (Å²) in [4.78, 5) is 20.1. The standard InChI is InChI=1S/C22H17F4N3O2/c1-31-21(30)17-8-13(12-2-3-12)4-7-19(17)29-15-10-27-20(28-11-15)16-9-14(22(24,25)26)5-6-18(16)23/h4-12,29H,2-3H2,1H3. The lowest BCUT2D eigenvalue weighted by Gasteiger charge is -2.13. The minimum atomic E-state index is -4.61. The van der Waals surface area contributed by atoms with E-state index < -0.39 is 23.5 Å². The number of benzene rings is 2. The van der Waals surface area contributed by atoms with E-state index in [9.17, 15) is 22.4 Å². The summed E-state index contributed by atoms with van der Waals surface area (Å²) >= 11 is 0. The molecule has 0 saturated heterocycles. The molecule has 0 radical (unpaired) electrons. The number of anilines is 2. The largest absolute Gasteiger partial charge is 0.465 e. The van der Waals surface area contributed by atoms with Crippen LogP contribution in [0.25, 0.3) is 11.4 Å². The van der Waals surface area contributed by atoms with E-state index in [1.807, 2.05) is 6.07 Å². The van der Waals surface area contributed by atoms with Crippen molar-refractivity contribution < 1.29 is 27.1 Å². The van der Waals surface area contributed by atoms with Gasteiger partial charge < -0.3 is 10.1 Å². The molecule has 9 heteroatoms. The number of ether oxygens (including phenoxy) is 1. The maximum Gasteiger partial charge on any atom is 0.416 e. The summed E-state index contributed by atoms with van der Waals surface area (Å²) in [7, 11) is 1.29. The van der Waals surface area contributed by atoms with E-state index in [1.165, 1.54) is 19.5 Å². The normalized spacial score (nSPS) is 13.7. The van der Waals surface area contributed by atoms with Gasteiger partial charge in [-0.3, -0.25) is 0 Å². The molecule has 1 aliphatic carbocycles. The number of rotatable bonds is 5. The number of hydrogen-bond donors (Lipinski definition) is 1. The lowest BCUT2D eigenvalue weighted by Crippen LogP contribution is -2.07. The number of esters is 1. The van der Waals surface area contributed by atoms with E-state index in [0.717, 1.165) is 24.5 Å². The van der Waals surface area contributed by atoms with E-state index in [0.29, 0.717) is 35.0 Å². The fourth-order valence-electron chi connectivity index (χ4n) is 3.18. The van der Waals surface area contributed by atoms with Gasteiger partial charge in [-0.2, -0.15) is 13.2 Å². The average Bonchev–Trinajstić information content (AvgIpc) is 3.59. The van der Waals surface area contributed by atoms with Crippen LogP contribution >= 0.6 is 0 Å². The van der Waals surface area contributed by atoms with E-state index in [4.69, 9.17) is 4.74 Å². The average molecular weight is 431 g/mol. The number of aromatic nitrogens is 2. The summed E-state index contributed by atoms with van der Waals surface area (Å²) in [5.41, 5.74) is 0.898. The van der Waals surface area contributed by atoms with Gasteiger partial charge in [-0.1, -0.05) is 6.07 Å². The Kier molecular flexibility index (Phi) is 5.34. The Labute approximate surface area is 175 Å². The molecule has 3 aromatic rings. The second kappa shape index (κ2) is 7.98. The molecule has 1 heterocycles. The van der Waals surface area contributed by atoms with Crippen molar-refractivity contribution in [3.8, 4) is 11.4 Å². The van der Waals surface area contributed by atoms with Gasteiger partial charge in [0.1, 0.15) is 5.82 Å². The molecule has 1 aromatic heterocycles. The molecule has 0 amide bonds. The first-order valence-corrected chi connectivity index (χ1v) is 9.44. The molecule has 0 atom stereocenters. The molecular formula is C22H17F4N3O2. The van der Waals surface area contributed by atoms with E-state index in [2.05, 4.69) is 15.3 Å². The van der Waals surface area contributed by atoms with Crippen LogP contribution < -0.4 is 5.32 Å². The molecular weight excluding hydrogens is 414 g/mol. The smallest absolute Gasteiger partial charge is 0.416 e. The Morgan fingerprint density at radius 2 is 1.81 bits per heavy atom. The quantitative estimate of drug-likeness (QED) is 0.414. The monoisotopic (exact) mass is 431 g/mol. The fourth-order valence-corrected chi connectivity index (χ4v) is 3.18. The lowest BCUT2D eigenvalue weighted by atomic mass is 10.0. The number of nitrogens with one attached hydrogen (secondary N) is 1. The Morgan fingerprint density at radius 3 is 2.42 bits per heavy atom. The van der Waals surface area contributed by atoms with E-state index in [1.54, 1.807) is 12.1 Å². The number of hydrogen-bond acceptors (Lipinski definition) is 5. The molecule has 4 rings (SSSR count). The van der Waals surface area contributed by atoms with Crippen molar-refractivity contribution in [2.45, 2.75) is 24.9 Å². The van der Waals surface area contributed by atoms with Crippen LogP contribution in [0.2, 0.25) is 0 Å². The zero-order valence-electron chi connectivity index (χ0n) is 16.3. The fraction of sp³-hybridized carbons (Fsp3) is 0.227. The number of halogens is 4. The third-order valence-corrected chi connectivity index (χ3v) is 4.96. The van der Waals surface area contributed by atoms with Crippen LogP contribution in [0.5, 0.6) is 0 Å². The molecule has 0 unspecified atom stereocenters. The number of carbonyl (C=O) groups is 1. The Morgan fingerprint density at radius 1 is 1.10 bits per heavy atom. The highest BCUT2D eigenvalue weighted by Gasteiger charge is 2.31. The van der Waals surface area contributed by atoms with Crippen LogP contribution in [0.1, 0.15) is 40.2 Å². The number of alkyl halides is 3. The molecule has 31 heavy (non-hydrogen) atoms. The molecule has 2 aromatic carbocycles. The van der Waals surface area contributed by atoms with Crippen LogP contribution in [0, 0.1) is 5.82 Å². The Hall–Kier alpha value is -3.49. The predicted octanol–water partition coefficient (Wildman–Crippen LogP) is 5.71. The van der Waals surface area contributed by atoms with Crippen LogP contribution in [0.3, 0.4) is 0 Å². The van der Waals surface area contributed by atoms with E-state index in [-0.39, 0.29) is 11.4 Å². The van der Waals surface area contributed by atoms with Crippen molar-refractivity contribution in [2.24, 2.45) is 0 Å². The highest BCUT2D eigenvalue weighted by Crippen LogP contribution is 2.41. The van der Waals surface area contributed by atoms with Gasteiger partial charge in [-0.05, 0) is 54.7 Å². The van der Waals surface area contributed by atoms with Gasteiger partial charge >= 0.3 is 12.1 Å². The van der Waals surface area contributed by atoms with Gasteiger partial charge in [-0.25, -0.2) is 19.2 Å². The van der Waals surface area contributed by atoms with Gasteiger partial charge in [0.15, 0.2) is 5.82 Å². The van der Waals surface area contributed by atoms with E-state index >= 15 is 0 Å². The minimum absolute atomic E-state index is 0.188. The predicted molar refractivity (Wildman–Crippen MR) is 105 cm³/mol. The first-order valence-electron chi connectivity index (χ1n) is 9.44. The van der Waals surface area contributed by atoms with Crippen LogP contribution in [0.15, 0.2) is 48.8 Å². The van der Waals surface area contributed by atoms with Crippen LogP contribution in [0.4, 0.5) is 28.9 Å². The summed E-state index contributed by atoms with van der Waals surface area (Å²) < 4.78 is 57.7. The molecule has 5 nitrogen and oxygen atoms in total. The molecule has 1 fully saturated rings. The van der Waals surface area contributed by atoms with Gasteiger partial charge in [0, 0.05) is 0 Å². The van der Waals surface area contributed by atoms with Gasteiger partial charge in [0.25, 0.3) is 0 Å². The minimum Gasteiger partial charge on any atom is -0.465 e. The van der Waals surface area contributed by atoms with Crippen molar-refractivity contribution in [1.82, 2.24) is 9.97 Å². The maximum absolute atomic E-state index is 14.1. The van der Waals surface area contributed by atoms with Crippen molar-refractivity contribution in [3.05, 3.63) is 71.3 Å². The first kappa shape index (κ1) is 20.8. The topological polar surface area (TPSA) is 64.1 Å². The third-order valence-electron chi connectivity index (χ3n) is 4.96. The molecule has 1 N–H and O–H groups in total. The summed E-state index contributed by atoms with van der Waals surface area (Å²) in [5.74, 6) is -1.11. The number of nitrogens with zero attached hydrogens (tertiary/aromatic N) is 2. The highest BCUT2D eigenvalue weighted by molar-refractivity contribution is 5.96. The molecule has 0 aliphatic heterocycles. The second-order valence-electron chi connectivity index (χ2n) is 7.18. The SMILES string of the molecule is COC(=O)c1cc(C2CC2)ccc1Nc1cnc(-c2cc(C(F)(F)F)ccc2F)nc1. The zero-order valence-corrected chi connectivity index (χ0v) is 16.3. The second-order valence-corrected chi connectivity index (χ2v) is 7.18. The Bertz CT molecular complexity index is 1130. The number of methoxy groups -OCH3 is 1. The summed E-state index contributed by atoms with van der Waals surface area (Å²) in [6.07, 6.45) is 0.153. The maximum atomic E-state index is 14.1. The summed E-state index contributed by atoms with van der Waals surface area (Å²) in [6.45, 7) is 0. The van der Waals surface area contributed by atoms with Crippen molar-refractivity contribution in [1.29, 1.82) is 0 Å². The van der Waals surface area contributed by atoms with Gasteiger partial charge in [-0.15, -0.1) is 0 Å². The van der Waals surface area contributed by atoms with Gasteiger partial charge in [0.05, 0.1) is 47.6 Å². The Balaban J connectivity index is 1.61. The molecule has 0 spiro atoms. The zero-order chi connectivity index (χ0) is 22.2. The molecule has 1 saturated carbocycles. The van der Waals surface area contributed by atoms with Crippen LogP contribution in [-0.2, 0) is 10.9 Å². The molecule has 1 aliphatic rings. The molecule has 160 valence electrons. The van der Waals surface area contributed by atoms with Crippen molar-refractivity contribution >= 4 is 17.3 Å². The molecule has 0 bridgehead atoms. The third kappa shape index (κ3) is 4.50. The highest BCUT2D eigenvalue weighted by atomic mass is 19.4. The number of carbonyl (C=O) groups excluding carboxylic acids is 1. The van der Waals surface area contributed by atoms with Gasteiger partial charge in [0.2, 0.25) is 0 Å². The van der Waals surface area contributed by atoms with Crippen molar-refractivity contribution in [2.75, 3.05) is 12.4 Å². The summed E-state index contributed by atoms with van der Waals surface area (Å²) in [5, 5.41) is 3.00.